The van der Waals surface area contributed by atoms with Crippen LogP contribution in [0, 0.1) is 6.92 Å². The highest BCUT2D eigenvalue weighted by Gasteiger charge is 2.17. The van der Waals surface area contributed by atoms with Crippen LogP contribution in [0.3, 0.4) is 0 Å². The summed E-state index contributed by atoms with van der Waals surface area (Å²) in [7, 11) is 0. The first-order valence-electron chi connectivity index (χ1n) is 4.05. The molecule has 0 amide bonds. The second-order valence-electron chi connectivity index (χ2n) is 2.62. The normalized spacial score (nSPS) is 10.0. The van der Waals surface area contributed by atoms with Crippen molar-refractivity contribution >= 4 is 33.5 Å². The third-order valence-electron chi connectivity index (χ3n) is 1.71. The number of esters is 1. The van der Waals surface area contributed by atoms with Crippen LogP contribution in [0.25, 0.3) is 0 Å². The lowest BCUT2D eigenvalue weighted by atomic mass is 10.2. The van der Waals surface area contributed by atoms with E-state index >= 15 is 0 Å². The summed E-state index contributed by atoms with van der Waals surface area (Å²) >= 11 is 9.07. The molecule has 0 saturated carbocycles. The smallest absolute Gasteiger partial charge is 0.341 e. The number of carbonyl (C=O) groups is 1. The van der Waals surface area contributed by atoms with E-state index in [1.54, 1.807) is 20.0 Å². The first-order valence-corrected chi connectivity index (χ1v) is 5.22. The van der Waals surface area contributed by atoms with Gasteiger partial charge in [0.1, 0.15) is 10.7 Å². The van der Waals surface area contributed by atoms with E-state index in [2.05, 4.69) is 20.9 Å². The monoisotopic (exact) mass is 277 g/mol. The predicted octanol–water partition coefficient (Wildman–Crippen LogP) is 2.98. The Morgan fingerprint density at radius 2 is 2.36 bits per heavy atom. The number of nitrogens with zero attached hydrogens (tertiary/aromatic N) is 1. The molecule has 0 radical (unpaired) electrons. The lowest BCUT2D eigenvalue weighted by Gasteiger charge is -2.07. The van der Waals surface area contributed by atoms with E-state index in [4.69, 9.17) is 16.3 Å². The maximum atomic E-state index is 11.5. The van der Waals surface area contributed by atoms with Crippen molar-refractivity contribution in [3.8, 4) is 0 Å². The molecule has 1 aromatic heterocycles. The first-order chi connectivity index (χ1) is 6.57. The van der Waals surface area contributed by atoms with Crippen LogP contribution in [0.1, 0.15) is 22.8 Å². The zero-order valence-corrected chi connectivity index (χ0v) is 10.1. The number of aromatic nitrogens is 1. The zero-order chi connectivity index (χ0) is 10.7. The van der Waals surface area contributed by atoms with Crippen molar-refractivity contribution in [3.05, 3.63) is 26.9 Å². The van der Waals surface area contributed by atoms with E-state index in [0.29, 0.717) is 12.2 Å². The molecule has 0 spiro atoms. The van der Waals surface area contributed by atoms with Gasteiger partial charge >= 0.3 is 5.97 Å². The minimum Gasteiger partial charge on any atom is -0.462 e. The minimum atomic E-state index is -0.441. The number of rotatable bonds is 2. The Kier molecular flexibility index (Phi) is 3.89. The van der Waals surface area contributed by atoms with Gasteiger partial charge in [-0.1, -0.05) is 11.6 Å². The van der Waals surface area contributed by atoms with Crippen molar-refractivity contribution in [1.82, 2.24) is 4.98 Å². The molecular formula is C9H9BrClNO2. The first kappa shape index (κ1) is 11.5. The summed E-state index contributed by atoms with van der Waals surface area (Å²) in [6.07, 6.45) is 1.56. The van der Waals surface area contributed by atoms with Crippen molar-refractivity contribution in [2.45, 2.75) is 13.8 Å². The van der Waals surface area contributed by atoms with Gasteiger partial charge in [0.05, 0.1) is 6.61 Å². The maximum Gasteiger partial charge on any atom is 0.341 e. The number of carbonyl (C=O) groups excluding carboxylic acids is 1. The van der Waals surface area contributed by atoms with Gasteiger partial charge in [-0.2, -0.15) is 0 Å². The Morgan fingerprint density at radius 3 is 2.93 bits per heavy atom. The molecule has 0 N–H and O–H groups in total. The van der Waals surface area contributed by atoms with Crippen LogP contribution in [0.4, 0.5) is 0 Å². The van der Waals surface area contributed by atoms with Crippen molar-refractivity contribution in [3.63, 3.8) is 0 Å². The summed E-state index contributed by atoms with van der Waals surface area (Å²) in [5.41, 5.74) is 1.06. The minimum absolute atomic E-state index is 0.171. The van der Waals surface area contributed by atoms with E-state index < -0.39 is 5.97 Å². The topological polar surface area (TPSA) is 39.2 Å². The number of ether oxygens (including phenoxy) is 1. The number of halogens is 2. The fourth-order valence-corrected chi connectivity index (χ4v) is 1.56. The second kappa shape index (κ2) is 4.75. The predicted molar refractivity (Wildman–Crippen MR) is 57.6 cm³/mol. The van der Waals surface area contributed by atoms with Crippen LogP contribution in [0.5, 0.6) is 0 Å². The second-order valence-corrected chi connectivity index (χ2v) is 3.83. The van der Waals surface area contributed by atoms with E-state index in [1.807, 2.05) is 0 Å². The molecule has 1 aromatic rings. The average molecular weight is 279 g/mol. The van der Waals surface area contributed by atoms with E-state index in [1.165, 1.54) is 0 Å². The molecule has 0 saturated heterocycles. The molecule has 76 valence electrons. The summed E-state index contributed by atoms with van der Waals surface area (Å²) in [4.78, 5) is 15.3. The third-order valence-corrected chi connectivity index (χ3v) is 2.80. The van der Waals surface area contributed by atoms with Crippen molar-refractivity contribution in [2.24, 2.45) is 0 Å². The van der Waals surface area contributed by atoms with Gasteiger partial charge in [-0.25, -0.2) is 9.78 Å². The van der Waals surface area contributed by atoms with E-state index in [0.717, 1.165) is 10.0 Å². The fraction of sp³-hybridized carbons (Fsp3) is 0.333. The molecule has 0 unspecified atom stereocenters. The number of hydrogen-bond acceptors (Lipinski definition) is 3. The van der Waals surface area contributed by atoms with Gasteiger partial charge in [-0.05, 0) is 35.3 Å². The molecule has 0 atom stereocenters. The standard InChI is InChI=1S/C9H9BrClNO2/c1-3-14-9(13)7-5(2)6(10)4-12-8(7)11/h4H,3H2,1-2H3. The molecule has 0 aliphatic heterocycles. The maximum absolute atomic E-state index is 11.5. The fourth-order valence-electron chi connectivity index (χ4n) is 0.989. The molecule has 0 aliphatic rings. The molecule has 0 aromatic carbocycles. The van der Waals surface area contributed by atoms with Gasteiger partial charge in [0.2, 0.25) is 0 Å². The lowest BCUT2D eigenvalue weighted by Crippen LogP contribution is -2.08. The number of hydrogen-bond donors (Lipinski definition) is 0. The van der Waals surface area contributed by atoms with Crippen molar-refractivity contribution < 1.29 is 9.53 Å². The highest BCUT2D eigenvalue weighted by molar-refractivity contribution is 9.10. The molecular weight excluding hydrogens is 269 g/mol. The van der Waals surface area contributed by atoms with Crippen LogP contribution in [0.15, 0.2) is 10.7 Å². The van der Waals surface area contributed by atoms with Crippen LogP contribution in [-0.2, 0) is 4.74 Å². The van der Waals surface area contributed by atoms with Crippen LogP contribution in [-0.4, -0.2) is 17.6 Å². The highest BCUT2D eigenvalue weighted by atomic mass is 79.9. The number of pyridine rings is 1. The Hall–Kier alpha value is -0.610. The Bertz CT molecular complexity index is 368. The molecule has 0 aliphatic carbocycles. The van der Waals surface area contributed by atoms with E-state index in [-0.39, 0.29) is 5.15 Å². The molecule has 1 rings (SSSR count). The van der Waals surface area contributed by atoms with Crippen LogP contribution >= 0.6 is 27.5 Å². The van der Waals surface area contributed by atoms with Crippen molar-refractivity contribution in [2.75, 3.05) is 6.61 Å². The molecule has 0 bridgehead atoms. The van der Waals surface area contributed by atoms with Gasteiger partial charge in [-0.3, -0.25) is 0 Å². The van der Waals surface area contributed by atoms with Gasteiger partial charge < -0.3 is 4.74 Å². The molecule has 5 heteroatoms. The lowest BCUT2D eigenvalue weighted by molar-refractivity contribution is 0.0525. The SMILES string of the molecule is CCOC(=O)c1c(Cl)ncc(Br)c1C. The summed E-state index contributed by atoms with van der Waals surface area (Å²) in [6.45, 7) is 3.84. The summed E-state index contributed by atoms with van der Waals surface area (Å²) in [5, 5.41) is 0.171. The molecule has 0 fully saturated rings. The summed E-state index contributed by atoms with van der Waals surface area (Å²) in [6, 6.07) is 0. The van der Waals surface area contributed by atoms with Gasteiger partial charge in [0.25, 0.3) is 0 Å². The Labute approximate surface area is 95.6 Å². The molecule has 14 heavy (non-hydrogen) atoms. The highest BCUT2D eigenvalue weighted by Crippen LogP contribution is 2.24. The van der Waals surface area contributed by atoms with Gasteiger partial charge in [0, 0.05) is 10.7 Å². The average Bonchev–Trinajstić information content (AvgIpc) is 2.13. The van der Waals surface area contributed by atoms with Gasteiger partial charge in [0.15, 0.2) is 0 Å². The molecule has 3 nitrogen and oxygen atoms in total. The zero-order valence-electron chi connectivity index (χ0n) is 7.80. The Balaban J connectivity index is 3.18. The Morgan fingerprint density at radius 1 is 1.71 bits per heavy atom. The van der Waals surface area contributed by atoms with Crippen molar-refractivity contribution in [1.29, 1.82) is 0 Å². The summed E-state index contributed by atoms with van der Waals surface area (Å²) in [5.74, 6) is -0.441. The van der Waals surface area contributed by atoms with Crippen LogP contribution < -0.4 is 0 Å². The summed E-state index contributed by atoms with van der Waals surface area (Å²) < 4.78 is 5.60. The largest absolute Gasteiger partial charge is 0.462 e. The van der Waals surface area contributed by atoms with Gasteiger partial charge in [-0.15, -0.1) is 0 Å². The van der Waals surface area contributed by atoms with Crippen LogP contribution in [0.2, 0.25) is 5.15 Å². The van der Waals surface area contributed by atoms with E-state index in [9.17, 15) is 4.79 Å². The third kappa shape index (κ3) is 2.25. The quantitative estimate of drug-likeness (QED) is 0.617. The molecule has 1 heterocycles.